The lowest BCUT2D eigenvalue weighted by molar-refractivity contribution is -0.137. The van der Waals surface area contributed by atoms with Gasteiger partial charge in [0.25, 0.3) is 0 Å². The average molecular weight is 207 g/mol. The third kappa shape index (κ3) is 2.05. The summed E-state index contributed by atoms with van der Waals surface area (Å²) < 4.78 is 12.9. The van der Waals surface area contributed by atoms with E-state index in [4.69, 9.17) is 5.11 Å². The van der Waals surface area contributed by atoms with E-state index in [1.54, 1.807) is 18.2 Å². The number of carboxylic acid groups (broad SMARTS) is 1. The quantitative estimate of drug-likeness (QED) is 0.767. The summed E-state index contributed by atoms with van der Waals surface area (Å²) in [5.74, 6) is -1.23. The van der Waals surface area contributed by atoms with Gasteiger partial charge >= 0.3 is 5.97 Å². The van der Waals surface area contributed by atoms with Crippen molar-refractivity contribution >= 4 is 11.5 Å². The van der Waals surface area contributed by atoms with Crippen LogP contribution in [0, 0.1) is 5.82 Å². The first-order chi connectivity index (χ1) is 7.16. The fourth-order valence-corrected chi connectivity index (χ4v) is 1.58. The Morgan fingerprint density at radius 3 is 2.93 bits per heavy atom. The largest absolute Gasteiger partial charge is 0.480 e. The second kappa shape index (κ2) is 3.82. The Hall–Kier alpha value is -1.68. The molecule has 0 saturated carbocycles. The van der Waals surface area contributed by atoms with Crippen molar-refractivity contribution in [3.63, 3.8) is 0 Å². The third-order valence-corrected chi connectivity index (χ3v) is 2.34. The Labute approximate surface area is 86.2 Å². The molecular weight excluding hydrogens is 197 g/mol. The number of nitrogens with one attached hydrogen (secondary N) is 1. The molecule has 0 radical (unpaired) electrons. The van der Waals surface area contributed by atoms with Gasteiger partial charge in [-0.15, -0.1) is 0 Å². The van der Waals surface area contributed by atoms with Gasteiger partial charge in [0.15, 0.2) is 0 Å². The molecule has 0 aromatic heterocycles. The van der Waals surface area contributed by atoms with Gasteiger partial charge in [-0.3, -0.25) is 10.1 Å². The van der Waals surface area contributed by atoms with Crippen LogP contribution in [0.4, 0.5) is 4.39 Å². The van der Waals surface area contributed by atoms with Crippen molar-refractivity contribution in [1.29, 1.82) is 0 Å². The maximum Gasteiger partial charge on any atom is 0.324 e. The average Bonchev–Trinajstić information content (AvgIpc) is 2.66. The van der Waals surface area contributed by atoms with Crippen molar-refractivity contribution in [3.8, 4) is 0 Å². The molecule has 0 bridgehead atoms. The predicted molar refractivity (Wildman–Crippen MR) is 53.8 cm³/mol. The molecule has 1 aliphatic rings. The first-order valence-electron chi connectivity index (χ1n) is 4.59. The van der Waals surface area contributed by atoms with Gasteiger partial charge in [0.1, 0.15) is 11.9 Å². The number of rotatable bonds is 2. The lowest BCUT2D eigenvalue weighted by Crippen LogP contribution is -2.30. The third-order valence-electron chi connectivity index (χ3n) is 2.34. The molecule has 1 aromatic carbocycles. The number of benzene rings is 1. The lowest BCUT2D eigenvalue weighted by atomic mass is 10.1. The standard InChI is InChI=1S/C11H10FNO2/c12-9-3-1-2-7(4-9)8-5-10(11(14)15)13-6-8/h1-5,10,13H,6H2,(H,14,15)/t10-/m0/s1. The zero-order valence-corrected chi connectivity index (χ0v) is 7.90. The van der Waals surface area contributed by atoms with Crippen LogP contribution in [-0.2, 0) is 4.79 Å². The minimum absolute atomic E-state index is 0.313. The number of carbonyl (C=O) groups is 1. The van der Waals surface area contributed by atoms with Crippen LogP contribution in [0.3, 0.4) is 0 Å². The van der Waals surface area contributed by atoms with Crippen LogP contribution in [-0.4, -0.2) is 23.7 Å². The zero-order valence-electron chi connectivity index (χ0n) is 7.90. The van der Waals surface area contributed by atoms with E-state index in [1.807, 2.05) is 0 Å². The summed E-state index contributed by atoms with van der Waals surface area (Å²) in [4.78, 5) is 10.7. The van der Waals surface area contributed by atoms with Gasteiger partial charge in [-0.25, -0.2) is 4.39 Å². The second-order valence-corrected chi connectivity index (χ2v) is 3.40. The van der Waals surface area contributed by atoms with Crippen LogP contribution in [0.1, 0.15) is 5.56 Å². The summed E-state index contributed by atoms with van der Waals surface area (Å²) in [5.41, 5.74) is 1.55. The molecule has 1 atom stereocenters. The Kier molecular flexibility index (Phi) is 2.51. The maximum atomic E-state index is 12.9. The fraction of sp³-hybridized carbons (Fsp3) is 0.182. The molecule has 1 heterocycles. The summed E-state index contributed by atoms with van der Waals surface area (Å²) in [6, 6.07) is 5.47. The highest BCUT2D eigenvalue weighted by Gasteiger charge is 2.21. The summed E-state index contributed by atoms with van der Waals surface area (Å²) in [7, 11) is 0. The summed E-state index contributed by atoms with van der Waals surface area (Å²) in [6.45, 7) is 0.459. The van der Waals surface area contributed by atoms with Gasteiger partial charge in [0, 0.05) is 6.54 Å². The van der Waals surface area contributed by atoms with Gasteiger partial charge < -0.3 is 5.11 Å². The van der Waals surface area contributed by atoms with E-state index in [-0.39, 0.29) is 5.82 Å². The van der Waals surface area contributed by atoms with Crippen molar-refractivity contribution < 1.29 is 14.3 Å². The molecule has 0 aliphatic carbocycles. The van der Waals surface area contributed by atoms with Crippen LogP contribution < -0.4 is 5.32 Å². The molecule has 0 amide bonds. The predicted octanol–water partition coefficient (Wildman–Crippen LogP) is 1.27. The van der Waals surface area contributed by atoms with Gasteiger partial charge in [-0.05, 0) is 23.3 Å². The van der Waals surface area contributed by atoms with Gasteiger partial charge in [-0.1, -0.05) is 18.2 Å². The van der Waals surface area contributed by atoms with Crippen LogP contribution in [0.2, 0.25) is 0 Å². The molecule has 2 N–H and O–H groups in total. The van der Waals surface area contributed by atoms with E-state index in [0.29, 0.717) is 6.54 Å². The molecule has 15 heavy (non-hydrogen) atoms. The van der Waals surface area contributed by atoms with Crippen molar-refractivity contribution in [2.45, 2.75) is 6.04 Å². The fourth-order valence-electron chi connectivity index (χ4n) is 1.58. The van der Waals surface area contributed by atoms with Crippen molar-refractivity contribution in [1.82, 2.24) is 5.32 Å². The van der Waals surface area contributed by atoms with Crippen LogP contribution >= 0.6 is 0 Å². The van der Waals surface area contributed by atoms with Crippen LogP contribution in [0.25, 0.3) is 5.57 Å². The second-order valence-electron chi connectivity index (χ2n) is 3.40. The number of carboxylic acids is 1. The molecule has 3 nitrogen and oxygen atoms in total. The van der Waals surface area contributed by atoms with Gasteiger partial charge in [0.2, 0.25) is 0 Å². The minimum atomic E-state index is -0.915. The van der Waals surface area contributed by atoms with Crippen LogP contribution in [0.5, 0.6) is 0 Å². The number of hydrogen-bond acceptors (Lipinski definition) is 2. The highest BCUT2D eigenvalue weighted by Crippen LogP contribution is 2.19. The van der Waals surface area contributed by atoms with E-state index < -0.39 is 12.0 Å². The minimum Gasteiger partial charge on any atom is -0.480 e. The highest BCUT2D eigenvalue weighted by molar-refractivity contribution is 5.83. The van der Waals surface area contributed by atoms with E-state index in [1.165, 1.54) is 12.1 Å². The molecule has 0 unspecified atom stereocenters. The summed E-state index contributed by atoms with van der Waals surface area (Å²) in [5, 5.41) is 11.6. The highest BCUT2D eigenvalue weighted by atomic mass is 19.1. The van der Waals surface area contributed by atoms with Gasteiger partial charge in [-0.2, -0.15) is 0 Å². The van der Waals surface area contributed by atoms with Crippen molar-refractivity contribution in [2.75, 3.05) is 6.54 Å². The molecular formula is C11H10FNO2. The molecule has 78 valence electrons. The Balaban J connectivity index is 2.26. The number of aliphatic carboxylic acids is 1. The topological polar surface area (TPSA) is 49.3 Å². The van der Waals surface area contributed by atoms with E-state index in [2.05, 4.69) is 5.32 Å². The molecule has 0 fully saturated rings. The van der Waals surface area contributed by atoms with E-state index in [9.17, 15) is 9.18 Å². The molecule has 1 aromatic rings. The Bertz CT molecular complexity index is 428. The normalized spacial score (nSPS) is 20.1. The van der Waals surface area contributed by atoms with Crippen LogP contribution in [0.15, 0.2) is 30.3 Å². The Morgan fingerprint density at radius 1 is 1.53 bits per heavy atom. The molecule has 1 aliphatic heterocycles. The molecule has 0 saturated heterocycles. The molecule has 4 heteroatoms. The van der Waals surface area contributed by atoms with Crippen molar-refractivity contribution in [2.24, 2.45) is 0 Å². The smallest absolute Gasteiger partial charge is 0.324 e. The summed E-state index contributed by atoms with van der Waals surface area (Å²) >= 11 is 0. The van der Waals surface area contributed by atoms with Crippen molar-refractivity contribution in [3.05, 3.63) is 41.7 Å². The summed E-state index contributed by atoms with van der Waals surface area (Å²) in [6.07, 6.45) is 1.61. The number of halogens is 1. The lowest BCUT2D eigenvalue weighted by Gasteiger charge is -2.01. The monoisotopic (exact) mass is 207 g/mol. The zero-order chi connectivity index (χ0) is 10.8. The van der Waals surface area contributed by atoms with E-state index in [0.717, 1.165) is 11.1 Å². The molecule has 2 rings (SSSR count). The molecule has 0 spiro atoms. The first kappa shape index (κ1) is 9.86. The maximum absolute atomic E-state index is 12.9. The van der Waals surface area contributed by atoms with Gasteiger partial charge in [0.05, 0.1) is 0 Å². The first-order valence-corrected chi connectivity index (χ1v) is 4.59. The van der Waals surface area contributed by atoms with E-state index >= 15 is 0 Å². The SMILES string of the molecule is O=C(O)[C@@H]1C=C(c2cccc(F)c2)CN1. The Morgan fingerprint density at radius 2 is 2.33 bits per heavy atom. The number of hydrogen-bond donors (Lipinski definition) is 2.